The monoisotopic (exact) mass is 281 g/mol. The van der Waals surface area contributed by atoms with Gasteiger partial charge in [-0.05, 0) is 29.4 Å². The molecule has 2 atom stereocenters. The summed E-state index contributed by atoms with van der Waals surface area (Å²) in [6.45, 7) is 0.403. The highest BCUT2D eigenvalue weighted by Gasteiger charge is 2.37. The van der Waals surface area contributed by atoms with Crippen LogP contribution in [0.25, 0.3) is 0 Å². The van der Waals surface area contributed by atoms with Crippen molar-refractivity contribution in [2.24, 2.45) is 5.92 Å². The second kappa shape index (κ2) is 5.52. The summed E-state index contributed by atoms with van der Waals surface area (Å²) in [5.41, 5.74) is 0.485. The summed E-state index contributed by atoms with van der Waals surface area (Å²) in [5, 5.41) is 18.6. The molecule has 102 valence electrons. The molecule has 0 bridgehead atoms. The molecule has 0 spiro atoms. The minimum Gasteiger partial charge on any atom is -0.508 e. The number of carbonyl (C=O) groups is 2. The highest BCUT2D eigenvalue weighted by Crippen LogP contribution is 2.30. The van der Waals surface area contributed by atoms with Crippen LogP contribution in [0, 0.1) is 5.92 Å². The summed E-state index contributed by atoms with van der Waals surface area (Å²) in [4.78, 5) is 24.7. The molecule has 0 saturated carbocycles. The normalized spacial score (nSPS) is 20.6. The van der Waals surface area contributed by atoms with E-state index in [-0.39, 0.29) is 17.6 Å². The Kier molecular flexibility index (Phi) is 3.99. The number of rotatable bonds is 4. The first-order valence-corrected chi connectivity index (χ1v) is 6.58. The van der Waals surface area contributed by atoms with Crippen molar-refractivity contribution in [3.8, 4) is 5.75 Å². The summed E-state index contributed by atoms with van der Waals surface area (Å²) in [7, 11) is 0. The molecule has 6 heteroatoms. The highest BCUT2D eigenvalue weighted by atomic mass is 32.1. The Morgan fingerprint density at radius 1 is 1.42 bits per heavy atom. The SMILES string of the molecule is O=C(O)C(c1ccc(O)cc1)N1CC(CS)CC1=O. The summed E-state index contributed by atoms with van der Waals surface area (Å²) in [6.07, 6.45) is 0.339. The van der Waals surface area contributed by atoms with E-state index in [1.165, 1.54) is 29.2 Å². The molecule has 2 rings (SSSR count). The Labute approximate surface area is 116 Å². The molecule has 1 heterocycles. The number of nitrogens with zero attached hydrogens (tertiary/aromatic N) is 1. The van der Waals surface area contributed by atoms with Crippen LogP contribution in [-0.4, -0.2) is 39.3 Å². The first kappa shape index (κ1) is 13.7. The third kappa shape index (κ3) is 2.84. The molecular weight excluding hydrogens is 266 g/mol. The second-order valence-corrected chi connectivity index (χ2v) is 5.00. The molecule has 1 aromatic rings. The van der Waals surface area contributed by atoms with E-state index in [9.17, 15) is 19.8 Å². The average molecular weight is 281 g/mol. The quantitative estimate of drug-likeness (QED) is 0.727. The predicted octanol–water partition coefficient (Wildman–Crippen LogP) is 1.30. The van der Waals surface area contributed by atoms with Crippen LogP contribution < -0.4 is 0 Å². The summed E-state index contributed by atoms with van der Waals surface area (Å²) in [6, 6.07) is 4.88. The van der Waals surface area contributed by atoms with Gasteiger partial charge < -0.3 is 15.1 Å². The molecule has 5 nitrogen and oxygen atoms in total. The molecule has 0 aromatic heterocycles. The Hall–Kier alpha value is -1.69. The van der Waals surface area contributed by atoms with Crippen molar-refractivity contribution in [2.75, 3.05) is 12.3 Å². The van der Waals surface area contributed by atoms with Gasteiger partial charge in [0.1, 0.15) is 5.75 Å². The lowest BCUT2D eigenvalue weighted by molar-refractivity contribution is -0.148. The van der Waals surface area contributed by atoms with Crippen molar-refractivity contribution >= 4 is 24.5 Å². The van der Waals surface area contributed by atoms with Crippen LogP contribution in [0.15, 0.2) is 24.3 Å². The number of carboxylic acid groups (broad SMARTS) is 1. The van der Waals surface area contributed by atoms with E-state index >= 15 is 0 Å². The number of amides is 1. The third-order valence-corrected chi connectivity index (χ3v) is 3.77. The van der Waals surface area contributed by atoms with Gasteiger partial charge in [-0.2, -0.15) is 12.6 Å². The van der Waals surface area contributed by atoms with Crippen LogP contribution in [0.3, 0.4) is 0 Å². The zero-order valence-electron chi connectivity index (χ0n) is 10.2. The zero-order chi connectivity index (χ0) is 14.0. The molecule has 0 radical (unpaired) electrons. The number of likely N-dealkylation sites (tertiary alicyclic amines) is 1. The number of hydrogen-bond donors (Lipinski definition) is 3. The van der Waals surface area contributed by atoms with E-state index in [0.717, 1.165) is 0 Å². The largest absolute Gasteiger partial charge is 0.508 e. The number of aromatic hydroxyl groups is 1. The van der Waals surface area contributed by atoms with Crippen molar-refractivity contribution in [3.63, 3.8) is 0 Å². The number of aliphatic carboxylic acids is 1. The molecule has 1 fully saturated rings. The number of phenolic OH excluding ortho intramolecular Hbond substituents is 1. The van der Waals surface area contributed by atoms with Crippen LogP contribution in [-0.2, 0) is 9.59 Å². The molecule has 19 heavy (non-hydrogen) atoms. The molecule has 1 aliphatic rings. The maximum atomic E-state index is 11.9. The first-order chi connectivity index (χ1) is 9.02. The number of hydrogen-bond acceptors (Lipinski definition) is 4. The van der Waals surface area contributed by atoms with E-state index in [2.05, 4.69) is 12.6 Å². The highest BCUT2D eigenvalue weighted by molar-refractivity contribution is 7.80. The molecule has 0 aliphatic carbocycles. The van der Waals surface area contributed by atoms with Gasteiger partial charge in [0.2, 0.25) is 5.91 Å². The van der Waals surface area contributed by atoms with Gasteiger partial charge in [-0.25, -0.2) is 4.79 Å². The van der Waals surface area contributed by atoms with Crippen LogP contribution in [0.1, 0.15) is 18.0 Å². The Bertz CT molecular complexity index is 488. The van der Waals surface area contributed by atoms with Crippen molar-refractivity contribution in [1.29, 1.82) is 0 Å². The van der Waals surface area contributed by atoms with Gasteiger partial charge in [0.05, 0.1) is 0 Å². The van der Waals surface area contributed by atoms with Crippen LogP contribution in [0.2, 0.25) is 0 Å². The predicted molar refractivity (Wildman–Crippen MR) is 72.2 cm³/mol. The van der Waals surface area contributed by atoms with E-state index in [0.29, 0.717) is 24.3 Å². The van der Waals surface area contributed by atoms with Gasteiger partial charge in [-0.15, -0.1) is 0 Å². The molecule has 2 N–H and O–H groups in total. The fourth-order valence-corrected chi connectivity index (χ4v) is 2.54. The molecule has 1 aromatic carbocycles. The van der Waals surface area contributed by atoms with E-state index in [1.807, 2.05) is 0 Å². The number of carboxylic acids is 1. The van der Waals surface area contributed by atoms with Gasteiger partial charge in [0.25, 0.3) is 0 Å². The molecule has 2 unspecified atom stereocenters. The minimum atomic E-state index is -1.07. The lowest BCUT2D eigenvalue weighted by Crippen LogP contribution is -2.35. The number of benzene rings is 1. The topological polar surface area (TPSA) is 77.8 Å². The summed E-state index contributed by atoms with van der Waals surface area (Å²) in [5.74, 6) is -0.522. The average Bonchev–Trinajstić information content (AvgIpc) is 2.73. The molecular formula is C13H15NO4S. The lowest BCUT2D eigenvalue weighted by atomic mass is 10.1. The molecule has 1 saturated heterocycles. The maximum Gasteiger partial charge on any atom is 0.331 e. The summed E-state index contributed by atoms with van der Waals surface area (Å²) < 4.78 is 0. The van der Waals surface area contributed by atoms with Crippen molar-refractivity contribution in [3.05, 3.63) is 29.8 Å². The van der Waals surface area contributed by atoms with Gasteiger partial charge >= 0.3 is 5.97 Å². The standard InChI is InChI=1S/C13H15NO4S/c15-10-3-1-9(2-4-10)12(13(17)18)14-6-8(7-19)5-11(14)16/h1-4,8,12,15,19H,5-7H2,(H,17,18). The lowest BCUT2D eigenvalue weighted by Gasteiger charge is -2.25. The van der Waals surface area contributed by atoms with Gasteiger partial charge in [-0.1, -0.05) is 12.1 Å². The Morgan fingerprint density at radius 2 is 2.05 bits per heavy atom. The van der Waals surface area contributed by atoms with Crippen molar-refractivity contribution < 1.29 is 19.8 Å². The van der Waals surface area contributed by atoms with Gasteiger partial charge in [-0.3, -0.25) is 4.79 Å². The second-order valence-electron chi connectivity index (χ2n) is 4.63. The van der Waals surface area contributed by atoms with Gasteiger partial charge in [0, 0.05) is 13.0 Å². The number of thiol groups is 1. The molecule has 1 aliphatic heterocycles. The van der Waals surface area contributed by atoms with Crippen LogP contribution in [0.5, 0.6) is 5.75 Å². The Morgan fingerprint density at radius 3 is 2.53 bits per heavy atom. The third-order valence-electron chi connectivity index (χ3n) is 3.25. The number of phenols is 1. The minimum absolute atomic E-state index is 0.0638. The van der Waals surface area contributed by atoms with Crippen LogP contribution in [0.4, 0.5) is 0 Å². The van der Waals surface area contributed by atoms with Crippen molar-refractivity contribution in [2.45, 2.75) is 12.5 Å². The van der Waals surface area contributed by atoms with E-state index in [4.69, 9.17) is 0 Å². The summed E-state index contributed by atoms with van der Waals surface area (Å²) >= 11 is 4.16. The van der Waals surface area contributed by atoms with Crippen molar-refractivity contribution in [1.82, 2.24) is 4.90 Å². The van der Waals surface area contributed by atoms with E-state index < -0.39 is 12.0 Å². The maximum absolute atomic E-state index is 11.9. The first-order valence-electron chi connectivity index (χ1n) is 5.95. The fraction of sp³-hybridized carbons (Fsp3) is 0.385. The smallest absolute Gasteiger partial charge is 0.331 e. The molecule has 1 amide bonds. The fourth-order valence-electron chi connectivity index (χ4n) is 2.29. The van der Waals surface area contributed by atoms with Gasteiger partial charge in [0.15, 0.2) is 6.04 Å². The Balaban J connectivity index is 2.28. The van der Waals surface area contributed by atoms with Crippen LogP contribution >= 0.6 is 12.6 Å². The van der Waals surface area contributed by atoms with E-state index in [1.54, 1.807) is 0 Å². The zero-order valence-corrected chi connectivity index (χ0v) is 11.1. The number of carbonyl (C=O) groups excluding carboxylic acids is 1.